The highest BCUT2D eigenvalue weighted by atomic mass is 19.1. The van der Waals surface area contributed by atoms with E-state index >= 15 is 0 Å². The van der Waals surface area contributed by atoms with E-state index in [9.17, 15) is 9.18 Å². The highest BCUT2D eigenvalue weighted by Crippen LogP contribution is 2.44. The van der Waals surface area contributed by atoms with Gasteiger partial charge in [0.05, 0.1) is 6.42 Å². The lowest BCUT2D eigenvalue weighted by molar-refractivity contribution is -0.138. The molecular formula is C15H19FO4. The Hall–Kier alpha value is -1.78. The summed E-state index contributed by atoms with van der Waals surface area (Å²) in [4.78, 5) is 11.0. The van der Waals surface area contributed by atoms with Crippen LogP contribution in [0.1, 0.15) is 44.5 Å². The molecule has 5 heteroatoms. The van der Waals surface area contributed by atoms with Gasteiger partial charge in [-0.15, -0.1) is 0 Å². The standard InChI is InChI=1S/C15H19FO4/c1-9(16)10-6-11(15(2,3)8-13(17)18)14-12(7-10)19-4-5-20-14/h6-7,9H,4-5,8H2,1-3H3,(H,17,18). The third-order valence-corrected chi connectivity index (χ3v) is 3.45. The summed E-state index contributed by atoms with van der Waals surface area (Å²) in [5.41, 5.74) is 0.487. The van der Waals surface area contributed by atoms with Crippen LogP contribution in [0.5, 0.6) is 11.5 Å². The smallest absolute Gasteiger partial charge is 0.304 e. The number of carboxylic acids is 1. The monoisotopic (exact) mass is 282 g/mol. The first-order valence-electron chi connectivity index (χ1n) is 6.61. The number of rotatable bonds is 4. The van der Waals surface area contributed by atoms with Gasteiger partial charge in [0.15, 0.2) is 11.5 Å². The Balaban J connectivity index is 2.54. The van der Waals surface area contributed by atoms with Crippen molar-refractivity contribution in [1.82, 2.24) is 0 Å². The minimum atomic E-state index is -1.15. The second-order valence-electron chi connectivity index (χ2n) is 5.66. The van der Waals surface area contributed by atoms with Crippen molar-refractivity contribution in [3.8, 4) is 11.5 Å². The van der Waals surface area contributed by atoms with Crippen molar-refractivity contribution in [1.29, 1.82) is 0 Å². The molecule has 0 fully saturated rings. The first kappa shape index (κ1) is 14.6. The second-order valence-corrected chi connectivity index (χ2v) is 5.66. The summed E-state index contributed by atoms with van der Waals surface area (Å²) in [7, 11) is 0. The van der Waals surface area contributed by atoms with Gasteiger partial charge in [0.25, 0.3) is 0 Å². The molecule has 0 saturated heterocycles. The van der Waals surface area contributed by atoms with Gasteiger partial charge in [-0.05, 0) is 24.6 Å². The van der Waals surface area contributed by atoms with Crippen molar-refractivity contribution >= 4 is 5.97 Å². The van der Waals surface area contributed by atoms with E-state index in [2.05, 4.69) is 0 Å². The number of fused-ring (bicyclic) bond motifs is 1. The summed E-state index contributed by atoms with van der Waals surface area (Å²) in [6.07, 6.45) is -1.21. The molecule has 2 rings (SSSR count). The van der Waals surface area contributed by atoms with E-state index in [0.717, 1.165) is 0 Å². The summed E-state index contributed by atoms with van der Waals surface area (Å²) >= 11 is 0. The summed E-state index contributed by atoms with van der Waals surface area (Å²) in [6, 6.07) is 3.31. The number of alkyl halides is 1. The zero-order valence-corrected chi connectivity index (χ0v) is 11.9. The number of carboxylic acid groups (broad SMARTS) is 1. The summed E-state index contributed by atoms with van der Waals surface area (Å²) in [6.45, 7) is 5.88. The molecule has 1 aliphatic rings. The van der Waals surface area contributed by atoms with Gasteiger partial charge >= 0.3 is 5.97 Å². The fourth-order valence-electron chi connectivity index (χ4n) is 2.38. The van der Waals surface area contributed by atoms with Crippen molar-refractivity contribution in [2.75, 3.05) is 13.2 Å². The Morgan fingerprint density at radius 3 is 2.65 bits per heavy atom. The van der Waals surface area contributed by atoms with Crippen LogP contribution in [-0.4, -0.2) is 24.3 Å². The van der Waals surface area contributed by atoms with Crippen LogP contribution in [0.2, 0.25) is 0 Å². The summed E-state index contributed by atoms with van der Waals surface area (Å²) in [5, 5.41) is 9.05. The number of hydrogen-bond donors (Lipinski definition) is 1. The largest absolute Gasteiger partial charge is 0.486 e. The predicted octanol–water partition coefficient (Wildman–Crippen LogP) is 3.24. The van der Waals surface area contributed by atoms with Gasteiger partial charge in [-0.1, -0.05) is 13.8 Å². The molecule has 0 spiro atoms. The first-order valence-corrected chi connectivity index (χ1v) is 6.61. The lowest BCUT2D eigenvalue weighted by Crippen LogP contribution is -2.25. The molecule has 1 atom stereocenters. The zero-order chi connectivity index (χ0) is 14.9. The highest BCUT2D eigenvalue weighted by molar-refractivity contribution is 5.70. The topological polar surface area (TPSA) is 55.8 Å². The number of ether oxygens (including phenoxy) is 2. The lowest BCUT2D eigenvalue weighted by atomic mass is 9.79. The van der Waals surface area contributed by atoms with E-state index in [1.54, 1.807) is 26.0 Å². The molecule has 4 nitrogen and oxygen atoms in total. The Bertz CT molecular complexity index is 523. The quantitative estimate of drug-likeness (QED) is 0.921. The number of carbonyl (C=O) groups is 1. The van der Waals surface area contributed by atoms with Crippen LogP contribution >= 0.6 is 0 Å². The molecule has 0 amide bonds. The van der Waals surface area contributed by atoms with Gasteiger partial charge in [-0.3, -0.25) is 4.79 Å². The van der Waals surface area contributed by atoms with Crippen LogP contribution in [0.4, 0.5) is 4.39 Å². The number of aliphatic carboxylic acids is 1. The van der Waals surface area contributed by atoms with Crippen molar-refractivity contribution in [2.45, 2.75) is 38.8 Å². The van der Waals surface area contributed by atoms with Gasteiger partial charge < -0.3 is 14.6 Å². The van der Waals surface area contributed by atoms with Crippen molar-refractivity contribution in [2.24, 2.45) is 0 Å². The number of benzene rings is 1. The molecule has 0 bridgehead atoms. The van der Waals surface area contributed by atoms with E-state index in [1.807, 2.05) is 0 Å². The maximum atomic E-state index is 13.6. The SMILES string of the molecule is CC(F)c1cc2c(c(C(C)(C)CC(=O)O)c1)OCCO2. The molecular weight excluding hydrogens is 263 g/mol. The fourth-order valence-corrected chi connectivity index (χ4v) is 2.38. The first-order chi connectivity index (χ1) is 9.31. The predicted molar refractivity (Wildman–Crippen MR) is 72.2 cm³/mol. The molecule has 1 aromatic rings. The van der Waals surface area contributed by atoms with Gasteiger partial charge in [-0.25, -0.2) is 4.39 Å². The summed E-state index contributed by atoms with van der Waals surface area (Å²) < 4.78 is 24.8. The van der Waals surface area contributed by atoms with Gasteiger partial charge in [-0.2, -0.15) is 0 Å². The van der Waals surface area contributed by atoms with E-state index in [1.165, 1.54) is 6.92 Å². The second kappa shape index (κ2) is 5.31. The van der Waals surface area contributed by atoms with Crippen molar-refractivity contribution < 1.29 is 23.8 Å². The Morgan fingerprint density at radius 1 is 1.40 bits per heavy atom. The lowest BCUT2D eigenvalue weighted by Gasteiger charge is -2.30. The number of hydrogen-bond acceptors (Lipinski definition) is 3. The Kier molecular flexibility index (Phi) is 3.88. The zero-order valence-electron chi connectivity index (χ0n) is 11.9. The molecule has 0 aromatic heterocycles. The maximum absolute atomic E-state index is 13.6. The van der Waals surface area contributed by atoms with Crippen molar-refractivity contribution in [3.63, 3.8) is 0 Å². The van der Waals surface area contributed by atoms with Crippen LogP contribution in [0, 0.1) is 0 Å². The third-order valence-electron chi connectivity index (χ3n) is 3.45. The van der Waals surface area contributed by atoms with Crippen LogP contribution in [0.25, 0.3) is 0 Å². The third kappa shape index (κ3) is 2.86. The van der Waals surface area contributed by atoms with E-state index < -0.39 is 17.6 Å². The molecule has 1 aliphatic heterocycles. The minimum absolute atomic E-state index is 0.0626. The maximum Gasteiger partial charge on any atom is 0.304 e. The fraction of sp³-hybridized carbons (Fsp3) is 0.533. The van der Waals surface area contributed by atoms with Gasteiger partial charge in [0, 0.05) is 11.0 Å². The van der Waals surface area contributed by atoms with E-state index in [0.29, 0.717) is 35.8 Å². The molecule has 0 aliphatic carbocycles. The normalized spacial score (nSPS) is 15.8. The average Bonchev–Trinajstić information content (AvgIpc) is 2.35. The molecule has 1 N–H and O–H groups in total. The average molecular weight is 282 g/mol. The van der Waals surface area contributed by atoms with Crippen molar-refractivity contribution in [3.05, 3.63) is 23.3 Å². The molecule has 0 saturated carbocycles. The molecule has 1 unspecified atom stereocenters. The molecule has 1 heterocycles. The summed E-state index contributed by atoms with van der Waals surface area (Å²) in [5.74, 6) is 0.123. The Morgan fingerprint density at radius 2 is 2.05 bits per heavy atom. The van der Waals surface area contributed by atoms with Crippen LogP contribution in [0.3, 0.4) is 0 Å². The Labute approximate surface area is 117 Å². The molecule has 110 valence electrons. The molecule has 0 radical (unpaired) electrons. The van der Waals surface area contributed by atoms with Gasteiger partial charge in [0.1, 0.15) is 19.4 Å². The van der Waals surface area contributed by atoms with Crippen LogP contribution in [-0.2, 0) is 10.2 Å². The minimum Gasteiger partial charge on any atom is -0.486 e. The number of halogens is 1. The molecule has 1 aromatic carbocycles. The van der Waals surface area contributed by atoms with E-state index in [4.69, 9.17) is 14.6 Å². The van der Waals surface area contributed by atoms with Crippen LogP contribution < -0.4 is 9.47 Å². The van der Waals surface area contributed by atoms with E-state index in [-0.39, 0.29) is 6.42 Å². The van der Waals surface area contributed by atoms with Crippen LogP contribution in [0.15, 0.2) is 12.1 Å². The van der Waals surface area contributed by atoms with Gasteiger partial charge in [0.2, 0.25) is 0 Å². The highest BCUT2D eigenvalue weighted by Gasteiger charge is 2.31. The molecule has 20 heavy (non-hydrogen) atoms.